The number of urea groups is 1. The number of rotatable bonds is 1. The van der Waals surface area contributed by atoms with Gasteiger partial charge in [0.1, 0.15) is 0 Å². The van der Waals surface area contributed by atoms with E-state index in [9.17, 15) is 4.79 Å². The van der Waals surface area contributed by atoms with Gasteiger partial charge in [-0.15, -0.1) is 0 Å². The Labute approximate surface area is 85.2 Å². The van der Waals surface area contributed by atoms with E-state index in [-0.39, 0.29) is 6.03 Å². The van der Waals surface area contributed by atoms with Gasteiger partial charge < -0.3 is 15.1 Å². The normalized spacial score (nSPS) is 30.9. The Morgan fingerprint density at radius 2 is 1.93 bits per heavy atom. The second kappa shape index (κ2) is 3.77. The number of hydrogen-bond acceptors (Lipinski definition) is 2. The molecule has 2 heterocycles. The third kappa shape index (κ3) is 1.71. The maximum absolute atomic E-state index is 11.3. The molecule has 0 aromatic rings. The molecule has 2 amide bonds. The van der Waals surface area contributed by atoms with Crippen LogP contribution in [0.4, 0.5) is 4.79 Å². The van der Waals surface area contributed by atoms with Gasteiger partial charge in [0.2, 0.25) is 0 Å². The largest absolute Gasteiger partial charge is 0.336 e. The molecule has 1 N–H and O–H groups in total. The van der Waals surface area contributed by atoms with Crippen LogP contribution in [0.15, 0.2) is 0 Å². The molecule has 80 valence electrons. The smallest absolute Gasteiger partial charge is 0.317 e. The van der Waals surface area contributed by atoms with E-state index < -0.39 is 0 Å². The van der Waals surface area contributed by atoms with Crippen LogP contribution in [0.3, 0.4) is 0 Å². The number of piperidine rings is 1. The number of hydrogen-bond donors (Lipinski definition) is 1. The minimum Gasteiger partial charge on any atom is -0.336 e. The first-order valence-electron chi connectivity index (χ1n) is 5.37. The number of likely N-dealkylation sites (N-methyl/N-ethyl adjacent to an activating group) is 1. The summed E-state index contributed by atoms with van der Waals surface area (Å²) in [4.78, 5) is 15.5. The van der Waals surface area contributed by atoms with Gasteiger partial charge in [0, 0.05) is 13.6 Å². The molecule has 0 radical (unpaired) electrons. The molecule has 2 rings (SSSR count). The summed E-state index contributed by atoms with van der Waals surface area (Å²) < 4.78 is 0. The van der Waals surface area contributed by atoms with Crippen LogP contribution in [0.5, 0.6) is 0 Å². The lowest BCUT2D eigenvalue weighted by atomic mass is 9.89. The van der Waals surface area contributed by atoms with Crippen LogP contribution >= 0.6 is 0 Å². The molecule has 0 bridgehead atoms. The van der Waals surface area contributed by atoms with E-state index in [0.29, 0.717) is 12.0 Å². The van der Waals surface area contributed by atoms with E-state index >= 15 is 0 Å². The van der Waals surface area contributed by atoms with E-state index in [1.807, 2.05) is 11.9 Å². The second-order valence-corrected chi connectivity index (χ2v) is 4.51. The molecule has 2 fully saturated rings. The van der Waals surface area contributed by atoms with Crippen molar-refractivity contribution >= 4 is 6.03 Å². The Balaban J connectivity index is 1.92. The van der Waals surface area contributed by atoms with Crippen molar-refractivity contribution in [3.63, 3.8) is 0 Å². The molecule has 0 aliphatic carbocycles. The quantitative estimate of drug-likeness (QED) is 0.658. The van der Waals surface area contributed by atoms with Gasteiger partial charge in [-0.05, 0) is 38.9 Å². The van der Waals surface area contributed by atoms with Crippen molar-refractivity contribution in [2.24, 2.45) is 5.92 Å². The lowest BCUT2D eigenvalue weighted by Gasteiger charge is -2.34. The van der Waals surface area contributed by atoms with Crippen molar-refractivity contribution in [3.8, 4) is 0 Å². The fourth-order valence-electron chi connectivity index (χ4n) is 2.50. The predicted octanol–water partition coefficient (Wildman–Crippen LogP) is 0.352. The van der Waals surface area contributed by atoms with Crippen LogP contribution in [0.1, 0.15) is 12.8 Å². The summed E-state index contributed by atoms with van der Waals surface area (Å²) in [6.45, 7) is 3.18. The average Bonchev–Trinajstić information content (AvgIpc) is 2.50. The zero-order valence-electron chi connectivity index (χ0n) is 8.99. The summed E-state index contributed by atoms with van der Waals surface area (Å²) in [6, 6.07) is 0.519. The third-order valence-corrected chi connectivity index (χ3v) is 3.59. The summed E-state index contributed by atoms with van der Waals surface area (Å²) in [7, 11) is 4.07. The lowest BCUT2D eigenvalue weighted by molar-refractivity contribution is 0.150. The van der Waals surface area contributed by atoms with Crippen LogP contribution in [-0.4, -0.2) is 55.6 Å². The van der Waals surface area contributed by atoms with Crippen molar-refractivity contribution in [2.45, 2.75) is 18.9 Å². The molecule has 2 aliphatic heterocycles. The molecular formula is C10H19N3O. The summed E-state index contributed by atoms with van der Waals surface area (Å²) in [5.41, 5.74) is 0. The molecule has 14 heavy (non-hydrogen) atoms. The van der Waals surface area contributed by atoms with E-state index in [4.69, 9.17) is 0 Å². The maximum Gasteiger partial charge on any atom is 0.317 e. The highest BCUT2D eigenvalue weighted by molar-refractivity contribution is 5.76. The topological polar surface area (TPSA) is 35.6 Å². The number of nitrogens with one attached hydrogen (secondary N) is 1. The van der Waals surface area contributed by atoms with Gasteiger partial charge in [0.05, 0.1) is 6.04 Å². The van der Waals surface area contributed by atoms with Crippen molar-refractivity contribution in [1.29, 1.82) is 0 Å². The molecular weight excluding hydrogens is 178 g/mol. The highest BCUT2D eigenvalue weighted by atomic mass is 16.2. The first kappa shape index (κ1) is 9.77. The van der Waals surface area contributed by atoms with Gasteiger partial charge in [0.25, 0.3) is 0 Å². The average molecular weight is 197 g/mol. The number of carbonyl (C=O) groups is 1. The fraction of sp³-hybridized carbons (Fsp3) is 0.900. The number of nitrogens with zero attached hydrogens (tertiary/aromatic N) is 2. The zero-order chi connectivity index (χ0) is 10.1. The molecule has 0 aromatic heterocycles. The number of amides is 2. The molecule has 4 nitrogen and oxygen atoms in total. The van der Waals surface area contributed by atoms with Crippen molar-refractivity contribution < 1.29 is 4.79 Å². The van der Waals surface area contributed by atoms with Gasteiger partial charge in [-0.1, -0.05) is 0 Å². The lowest BCUT2D eigenvalue weighted by Crippen LogP contribution is -2.42. The molecule has 1 unspecified atom stereocenters. The Hall–Kier alpha value is -0.770. The van der Waals surface area contributed by atoms with Crippen molar-refractivity contribution in [3.05, 3.63) is 0 Å². The Bertz CT molecular complexity index is 223. The highest BCUT2D eigenvalue weighted by Gasteiger charge is 2.34. The summed E-state index contributed by atoms with van der Waals surface area (Å²) >= 11 is 0. The second-order valence-electron chi connectivity index (χ2n) is 4.51. The molecule has 1 atom stereocenters. The van der Waals surface area contributed by atoms with Gasteiger partial charge in [-0.3, -0.25) is 0 Å². The molecule has 0 spiro atoms. The minimum atomic E-state index is 0.0916. The van der Waals surface area contributed by atoms with Crippen LogP contribution in [0.2, 0.25) is 0 Å². The number of likely N-dealkylation sites (tertiary alicyclic amines) is 1. The van der Waals surface area contributed by atoms with Crippen LogP contribution < -0.4 is 5.32 Å². The number of carbonyl (C=O) groups excluding carboxylic acids is 1. The standard InChI is InChI=1S/C10H19N3O/c1-12-5-3-8(4-6-12)9-7-11-10(14)13(9)2/h8-9H,3-7H2,1-2H3,(H,11,14). The summed E-state index contributed by atoms with van der Waals surface area (Å²) in [5, 5.41) is 2.90. The van der Waals surface area contributed by atoms with Crippen molar-refractivity contribution in [2.75, 3.05) is 33.7 Å². The van der Waals surface area contributed by atoms with Gasteiger partial charge in [-0.2, -0.15) is 0 Å². The highest BCUT2D eigenvalue weighted by Crippen LogP contribution is 2.24. The van der Waals surface area contributed by atoms with Gasteiger partial charge >= 0.3 is 6.03 Å². The third-order valence-electron chi connectivity index (χ3n) is 3.59. The van der Waals surface area contributed by atoms with Crippen LogP contribution in [0.25, 0.3) is 0 Å². The van der Waals surface area contributed by atoms with E-state index in [2.05, 4.69) is 17.3 Å². The summed E-state index contributed by atoms with van der Waals surface area (Å²) in [5.74, 6) is 0.690. The van der Waals surface area contributed by atoms with Crippen molar-refractivity contribution in [1.82, 2.24) is 15.1 Å². The zero-order valence-corrected chi connectivity index (χ0v) is 8.99. The van der Waals surface area contributed by atoms with Gasteiger partial charge in [-0.25, -0.2) is 4.79 Å². The Morgan fingerprint density at radius 1 is 1.29 bits per heavy atom. The minimum absolute atomic E-state index is 0.0916. The molecule has 0 saturated carbocycles. The first-order chi connectivity index (χ1) is 6.68. The molecule has 2 aliphatic rings. The van der Waals surface area contributed by atoms with E-state index in [0.717, 1.165) is 6.54 Å². The van der Waals surface area contributed by atoms with Crippen LogP contribution in [0, 0.1) is 5.92 Å². The first-order valence-corrected chi connectivity index (χ1v) is 5.37. The molecule has 4 heteroatoms. The fourth-order valence-corrected chi connectivity index (χ4v) is 2.50. The van der Waals surface area contributed by atoms with E-state index in [1.54, 1.807) is 0 Å². The Kier molecular flexibility index (Phi) is 2.63. The molecule has 0 aromatic carbocycles. The van der Waals surface area contributed by atoms with Gasteiger partial charge in [0.15, 0.2) is 0 Å². The monoisotopic (exact) mass is 197 g/mol. The predicted molar refractivity (Wildman–Crippen MR) is 55.2 cm³/mol. The summed E-state index contributed by atoms with van der Waals surface area (Å²) in [6.07, 6.45) is 2.45. The maximum atomic E-state index is 11.3. The molecule has 2 saturated heterocycles. The SMILES string of the molecule is CN1CCC(C2CNC(=O)N2C)CC1. The Morgan fingerprint density at radius 3 is 2.43 bits per heavy atom. The van der Waals surface area contributed by atoms with Crippen LogP contribution in [-0.2, 0) is 0 Å². The van der Waals surface area contributed by atoms with E-state index in [1.165, 1.54) is 25.9 Å².